The average molecular weight is 276 g/mol. The maximum absolute atomic E-state index is 11.5. The second-order valence-electron chi connectivity index (χ2n) is 5.95. The predicted molar refractivity (Wildman–Crippen MR) is 72.4 cm³/mol. The van der Waals surface area contributed by atoms with E-state index in [1.54, 1.807) is 0 Å². The highest BCUT2D eigenvalue weighted by molar-refractivity contribution is 5.69. The van der Waals surface area contributed by atoms with Gasteiger partial charge in [0.25, 0.3) is 0 Å². The van der Waals surface area contributed by atoms with Gasteiger partial charge in [0.15, 0.2) is 0 Å². The van der Waals surface area contributed by atoms with Crippen LogP contribution in [-0.2, 0) is 19.1 Å². The van der Waals surface area contributed by atoms with Gasteiger partial charge in [0, 0.05) is 19.8 Å². The van der Waals surface area contributed by atoms with Gasteiger partial charge in [-0.15, -0.1) is 0 Å². The molecule has 20 heavy (non-hydrogen) atoms. The first-order chi connectivity index (χ1) is 9.54. The quantitative estimate of drug-likeness (QED) is 0.575. The van der Waals surface area contributed by atoms with Crippen LogP contribution >= 0.6 is 0 Å². The van der Waals surface area contributed by atoms with Crippen molar-refractivity contribution >= 4 is 11.9 Å². The first kappa shape index (κ1) is 13.4. The van der Waals surface area contributed by atoms with Crippen LogP contribution in [0.25, 0.3) is 0 Å². The number of esters is 2. The lowest BCUT2D eigenvalue weighted by molar-refractivity contribution is -0.210. The first-order valence-electron chi connectivity index (χ1n) is 7.30. The summed E-state index contributed by atoms with van der Waals surface area (Å²) < 4.78 is 11.1. The largest absolute Gasteiger partial charge is 0.454 e. The number of fused-ring (bicyclic) bond motifs is 4. The fraction of sp³-hybridized carbons (Fsp3) is 0.625. The lowest BCUT2D eigenvalue weighted by Crippen LogP contribution is -2.65. The van der Waals surface area contributed by atoms with E-state index >= 15 is 0 Å². The third kappa shape index (κ3) is 1.89. The Morgan fingerprint density at radius 1 is 1.20 bits per heavy atom. The SMILES string of the molecule is CC(=O)OC1=CCC[C@H]2[C@H]3CCC=C[C@@]3(OC(C)=O)[C@@H]12. The summed E-state index contributed by atoms with van der Waals surface area (Å²) in [7, 11) is 0. The predicted octanol–water partition coefficient (Wildman–Crippen LogP) is 2.74. The number of hydrogen-bond acceptors (Lipinski definition) is 4. The topological polar surface area (TPSA) is 52.6 Å². The molecule has 4 nitrogen and oxygen atoms in total. The van der Waals surface area contributed by atoms with E-state index < -0.39 is 5.60 Å². The number of hydrogen-bond donors (Lipinski definition) is 0. The molecule has 108 valence electrons. The van der Waals surface area contributed by atoms with E-state index in [1.807, 2.05) is 12.2 Å². The Hall–Kier alpha value is -1.58. The van der Waals surface area contributed by atoms with Crippen molar-refractivity contribution in [3.63, 3.8) is 0 Å². The van der Waals surface area contributed by atoms with E-state index in [-0.39, 0.29) is 17.9 Å². The van der Waals surface area contributed by atoms with Crippen LogP contribution in [-0.4, -0.2) is 17.5 Å². The van der Waals surface area contributed by atoms with E-state index in [1.165, 1.54) is 13.8 Å². The zero-order valence-corrected chi connectivity index (χ0v) is 11.9. The number of carbonyl (C=O) groups is 2. The molecule has 1 fully saturated rings. The third-order valence-electron chi connectivity index (χ3n) is 4.77. The monoisotopic (exact) mass is 276 g/mol. The maximum Gasteiger partial charge on any atom is 0.307 e. The summed E-state index contributed by atoms with van der Waals surface area (Å²) in [4.78, 5) is 22.8. The van der Waals surface area contributed by atoms with Crippen LogP contribution in [0, 0.1) is 17.8 Å². The summed E-state index contributed by atoms with van der Waals surface area (Å²) >= 11 is 0. The van der Waals surface area contributed by atoms with E-state index in [0.717, 1.165) is 25.7 Å². The van der Waals surface area contributed by atoms with Crippen molar-refractivity contribution in [2.24, 2.45) is 17.8 Å². The number of carbonyl (C=O) groups excluding carboxylic acids is 2. The van der Waals surface area contributed by atoms with Gasteiger partial charge in [-0.1, -0.05) is 6.08 Å². The Labute approximate surface area is 118 Å². The molecule has 0 heterocycles. The molecule has 0 spiro atoms. The normalized spacial score (nSPS) is 37.9. The van der Waals surface area contributed by atoms with Crippen LogP contribution in [0.3, 0.4) is 0 Å². The Morgan fingerprint density at radius 3 is 2.70 bits per heavy atom. The number of allylic oxidation sites excluding steroid dienone is 2. The molecule has 0 aromatic carbocycles. The van der Waals surface area contributed by atoms with Gasteiger partial charge in [-0.3, -0.25) is 9.59 Å². The molecule has 3 aliphatic rings. The average Bonchev–Trinajstić information content (AvgIpc) is 2.35. The third-order valence-corrected chi connectivity index (χ3v) is 4.77. The summed E-state index contributed by atoms with van der Waals surface area (Å²) in [6.07, 6.45) is 10.2. The second-order valence-corrected chi connectivity index (χ2v) is 5.95. The fourth-order valence-electron chi connectivity index (χ4n) is 4.26. The van der Waals surface area contributed by atoms with Crippen molar-refractivity contribution < 1.29 is 19.1 Å². The van der Waals surface area contributed by atoms with Crippen LogP contribution in [0.4, 0.5) is 0 Å². The Kier molecular flexibility index (Phi) is 3.19. The van der Waals surface area contributed by atoms with Crippen LogP contribution in [0.15, 0.2) is 24.0 Å². The Bertz CT molecular complexity index is 505. The van der Waals surface area contributed by atoms with Crippen molar-refractivity contribution in [3.8, 4) is 0 Å². The lowest BCUT2D eigenvalue weighted by atomic mass is 9.47. The molecule has 0 N–H and O–H groups in total. The molecule has 3 rings (SSSR count). The molecule has 0 aromatic rings. The number of ether oxygens (including phenoxy) is 2. The van der Waals surface area contributed by atoms with Crippen molar-refractivity contribution in [2.75, 3.05) is 0 Å². The van der Waals surface area contributed by atoms with Crippen LogP contribution in [0.5, 0.6) is 0 Å². The molecule has 0 aliphatic heterocycles. The molecular formula is C16H20O4. The first-order valence-corrected chi connectivity index (χ1v) is 7.30. The minimum absolute atomic E-state index is 0.00519. The van der Waals surface area contributed by atoms with Gasteiger partial charge in [0.1, 0.15) is 11.4 Å². The van der Waals surface area contributed by atoms with Gasteiger partial charge in [0.05, 0.1) is 5.92 Å². The lowest BCUT2D eigenvalue weighted by Gasteiger charge is -2.61. The molecule has 0 amide bonds. The Morgan fingerprint density at radius 2 is 2.00 bits per heavy atom. The summed E-state index contributed by atoms with van der Waals surface area (Å²) in [5, 5.41) is 0. The van der Waals surface area contributed by atoms with Gasteiger partial charge in [-0.25, -0.2) is 0 Å². The summed E-state index contributed by atoms with van der Waals surface area (Å²) in [5.41, 5.74) is -0.587. The van der Waals surface area contributed by atoms with Crippen LogP contribution in [0.1, 0.15) is 39.5 Å². The molecule has 0 radical (unpaired) electrons. The minimum Gasteiger partial charge on any atom is -0.454 e. The van der Waals surface area contributed by atoms with Gasteiger partial charge >= 0.3 is 11.9 Å². The molecule has 0 bridgehead atoms. The van der Waals surface area contributed by atoms with E-state index in [0.29, 0.717) is 17.6 Å². The molecule has 3 aliphatic carbocycles. The molecule has 1 saturated carbocycles. The van der Waals surface area contributed by atoms with Crippen molar-refractivity contribution in [2.45, 2.75) is 45.1 Å². The van der Waals surface area contributed by atoms with Gasteiger partial charge in [-0.2, -0.15) is 0 Å². The fourth-order valence-corrected chi connectivity index (χ4v) is 4.26. The summed E-state index contributed by atoms with van der Waals surface area (Å²) in [6, 6.07) is 0. The number of rotatable bonds is 2. The molecule has 0 unspecified atom stereocenters. The van der Waals surface area contributed by atoms with Gasteiger partial charge in [-0.05, 0) is 43.8 Å². The van der Waals surface area contributed by atoms with E-state index in [2.05, 4.69) is 6.08 Å². The standard InChI is InChI=1S/C16H20O4/c1-10(17)19-14-8-5-6-12-13-7-3-4-9-16(13,15(12)14)20-11(2)18/h4,8-9,12-13,15H,3,5-7H2,1-2H3/t12-,13+,15+,16-/m0/s1. The van der Waals surface area contributed by atoms with Crippen LogP contribution < -0.4 is 0 Å². The zero-order valence-electron chi connectivity index (χ0n) is 11.9. The zero-order chi connectivity index (χ0) is 14.3. The van der Waals surface area contributed by atoms with Crippen LogP contribution in [0.2, 0.25) is 0 Å². The minimum atomic E-state index is -0.587. The molecule has 0 saturated heterocycles. The van der Waals surface area contributed by atoms with Gasteiger partial charge < -0.3 is 9.47 Å². The van der Waals surface area contributed by atoms with Gasteiger partial charge in [0.2, 0.25) is 0 Å². The molecule has 4 heteroatoms. The maximum atomic E-state index is 11.5. The molecule has 4 atom stereocenters. The van der Waals surface area contributed by atoms with Crippen molar-refractivity contribution in [1.29, 1.82) is 0 Å². The highest BCUT2D eigenvalue weighted by Gasteiger charge is 2.65. The smallest absolute Gasteiger partial charge is 0.307 e. The van der Waals surface area contributed by atoms with Crippen molar-refractivity contribution in [1.82, 2.24) is 0 Å². The summed E-state index contributed by atoms with van der Waals surface area (Å²) in [6.45, 7) is 2.86. The highest BCUT2D eigenvalue weighted by Crippen LogP contribution is 2.62. The molecule has 0 aromatic heterocycles. The van der Waals surface area contributed by atoms with E-state index in [4.69, 9.17) is 9.47 Å². The highest BCUT2D eigenvalue weighted by atomic mass is 16.6. The summed E-state index contributed by atoms with van der Waals surface area (Å²) in [5.74, 6) is 0.938. The Balaban J connectivity index is 1.95. The van der Waals surface area contributed by atoms with Crippen molar-refractivity contribution in [3.05, 3.63) is 24.0 Å². The van der Waals surface area contributed by atoms with E-state index in [9.17, 15) is 9.59 Å². The molecular weight excluding hydrogens is 256 g/mol. The second kappa shape index (κ2) is 4.76.